The van der Waals surface area contributed by atoms with E-state index in [0.717, 1.165) is 48.8 Å². The SMILES string of the molecule is Cc1ccccc1C(=O)N1CCN(c2ccc(C3CC3)nn2)CC1. The van der Waals surface area contributed by atoms with E-state index in [4.69, 9.17) is 0 Å². The first-order chi connectivity index (χ1) is 11.7. The maximum Gasteiger partial charge on any atom is 0.254 e. The van der Waals surface area contributed by atoms with Crippen molar-refractivity contribution in [1.82, 2.24) is 15.1 Å². The van der Waals surface area contributed by atoms with Gasteiger partial charge in [0, 0.05) is 37.7 Å². The quantitative estimate of drug-likeness (QED) is 0.871. The Labute approximate surface area is 142 Å². The van der Waals surface area contributed by atoms with E-state index in [0.29, 0.717) is 5.92 Å². The third kappa shape index (κ3) is 2.98. The number of anilines is 1. The van der Waals surface area contributed by atoms with Gasteiger partial charge in [-0.3, -0.25) is 4.79 Å². The molecule has 24 heavy (non-hydrogen) atoms. The van der Waals surface area contributed by atoms with Gasteiger partial charge in [0.05, 0.1) is 5.69 Å². The monoisotopic (exact) mass is 322 g/mol. The summed E-state index contributed by atoms with van der Waals surface area (Å²) >= 11 is 0. The Bertz CT molecular complexity index is 731. The highest BCUT2D eigenvalue weighted by Gasteiger charge is 2.27. The molecular formula is C19H22N4O. The molecule has 0 radical (unpaired) electrons. The van der Waals surface area contributed by atoms with Crippen LogP contribution in [-0.2, 0) is 0 Å². The van der Waals surface area contributed by atoms with Crippen molar-refractivity contribution in [3.63, 3.8) is 0 Å². The molecule has 0 unspecified atom stereocenters. The molecule has 2 heterocycles. The van der Waals surface area contributed by atoms with Crippen LogP contribution in [0, 0.1) is 6.92 Å². The molecule has 0 atom stereocenters. The first kappa shape index (κ1) is 15.1. The van der Waals surface area contributed by atoms with Crippen molar-refractivity contribution in [2.45, 2.75) is 25.7 Å². The average Bonchev–Trinajstić information content (AvgIpc) is 3.47. The smallest absolute Gasteiger partial charge is 0.254 e. The van der Waals surface area contributed by atoms with Gasteiger partial charge in [-0.15, -0.1) is 5.10 Å². The summed E-state index contributed by atoms with van der Waals surface area (Å²) in [4.78, 5) is 16.8. The number of amides is 1. The highest BCUT2D eigenvalue weighted by Crippen LogP contribution is 2.38. The third-order valence-corrected chi connectivity index (χ3v) is 4.93. The predicted octanol–water partition coefficient (Wildman–Crippen LogP) is 2.62. The number of rotatable bonds is 3. The molecule has 0 spiro atoms. The molecule has 1 aromatic heterocycles. The van der Waals surface area contributed by atoms with Crippen LogP contribution in [-0.4, -0.2) is 47.2 Å². The Balaban J connectivity index is 1.39. The van der Waals surface area contributed by atoms with E-state index < -0.39 is 0 Å². The summed E-state index contributed by atoms with van der Waals surface area (Å²) in [6, 6.07) is 12.0. The van der Waals surface area contributed by atoms with Crippen molar-refractivity contribution in [2.75, 3.05) is 31.1 Å². The summed E-state index contributed by atoms with van der Waals surface area (Å²) in [7, 11) is 0. The zero-order chi connectivity index (χ0) is 16.5. The molecular weight excluding hydrogens is 300 g/mol. The molecule has 1 saturated carbocycles. The minimum atomic E-state index is 0.128. The maximum atomic E-state index is 12.7. The minimum absolute atomic E-state index is 0.128. The van der Waals surface area contributed by atoms with Gasteiger partial charge < -0.3 is 9.80 Å². The Kier molecular flexibility index (Phi) is 3.92. The molecule has 0 N–H and O–H groups in total. The summed E-state index contributed by atoms with van der Waals surface area (Å²) in [5.41, 5.74) is 2.96. The van der Waals surface area contributed by atoms with Crippen LogP contribution in [0.2, 0.25) is 0 Å². The summed E-state index contributed by atoms with van der Waals surface area (Å²) in [5.74, 6) is 1.68. The Hall–Kier alpha value is -2.43. The molecule has 5 heteroatoms. The number of carbonyl (C=O) groups excluding carboxylic acids is 1. The second-order valence-corrected chi connectivity index (χ2v) is 6.68. The van der Waals surface area contributed by atoms with E-state index in [2.05, 4.69) is 27.2 Å². The minimum Gasteiger partial charge on any atom is -0.352 e. The second-order valence-electron chi connectivity index (χ2n) is 6.68. The van der Waals surface area contributed by atoms with Crippen LogP contribution in [0.25, 0.3) is 0 Å². The van der Waals surface area contributed by atoms with Gasteiger partial charge in [-0.1, -0.05) is 18.2 Å². The molecule has 5 nitrogen and oxygen atoms in total. The summed E-state index contributed by atoms with van der Waals surface area (Å²) in [5, 5.41) is 8.74. The Morgan fingerprint density at radius 3 is 2.38 bits per heavy atom. The average molecular weight is 322 g/mol. The van der Waals surface area contributed by atoms with Crippen molar-refractivity contribution in [3.8, 4) is 0 Å². The Morgan fingerprint density at radius 2 is 1.75 bits per heavy atom. The fourth-order valence-corrected chi connectivity index (χ4v) is 3.22. The van der Waals surface area contributed by atoms with Gasteiger partial charge >= 0.3 is 0 Å². The molecule has 1 aliphatic heterocycles. The van der Waals surface area contributed by atoms with Crippen molar-refractivity contribution in [2.24, 2.45) is 0 Å². The van der Waals surface area contributed by atoms with E-state index in [9.17, 15) is 4.79 Å². The largest absolute Gasteiger partial charge is 0.352 e. The zero-order valence-corrected chi connectivity index (χ0v) is 14.0. The third-order valence-electron chi connectivity index (χ3n) is 4.93. The van der Waals surface area contributed by atoms with Crippen molar-refractivity contribution < 1.29 is 4.79 Å². The van der Waals surface area contributed by atoms with Crippen molar-refractivity contribution in [3.05, 3.63) is 53.2 Å². The number of aromatic nitrogens is 2. The van der Waals surface area contributed by atoms with Crippen LogP contribution in [0.15, 0.2) is 36.4 Å². The normalized spacial score (nSPS) is 17.9. The van der Waals surface area contributed by atoms with Crippen LogP contribution in [0.5, 0.6) is 0 Å². The topological polar surface area (TPSA) is 49.3 Å². The van der Waals surface area contributed by atoms with E-state index >= 15 is 0 Å². The van der Waals surface area contributed by atoms with Crippen LogP contribution in [0.4, 0.5) is 5.82 Å². The van der Waals surface area contributed by atoms with Gasteiger partial charge in [-0.25, -0.2) is 0 Å². The fourth-order valence-electron chi connectivity index (χ4n) is 3.22. The van der Waals surface area contributed by atoms with Crippen LogP contribution < -0.4 is 4.90 Å². The molecule has 1 amide bonds. The summed E-state index contributed by atoms with van der Waals surface area (Å²) < 4.78 is 0. The van der Waals surface area contributed by atoms with Crippen molar-refractivity contribution >= 4 is 11.7 Å². The van der Waals surface area contributed by atoms with Gasteiger partial charge in [0.2, 0.25) is 0 Å². The van der Waals surface area contributed by atoms with E-state index in [1.165, 1.54) is 12.8 Å². The van der Waals surface area contributed by atoms with Crippen LogP contribution in [0.3, 0.4) is 0 Å². The van der Waals surface area contributed by atoms with Gasteiger partial charge in [0.1, 0.15) is 0 Å². The first-order valence-corrected chi connectivity index (χ1v) is 8.66. The molecule has 1 aliphatic carbocycles. The fraction of sp³-hybridized carbons (Fsp3) is 0.421. The summed E-state index contributed by atoms with van der Waals surface area (Å²) in [6.07, 6.45) is 2.49. The molecule has 1 saturated heterocycles. The van der Waals surface area contributed by atoms with E-state index in [-0.39, 0.29) is 5.91 Å². The second kappa shape index (κ2) is 6.23. The van der Waals surface area contributed by atoms with Crippen LogP contribution in [0.1, 0.15) is 40.4 Å². The highest BCUT2D eigenvalue weighted by atomic mass is 16.2. The number of hydrogen-bond acceptors (Lipinski definition) is 4. The lowest BCUT2D eigenvalue weighted by molar-refractivity contribution is 0.0745. The Morgan fingerprint density at radius 1 is 1.00 bits per heavy atom. The number of nitrogens with zero attached hydrogens (tertiary/aromatic N) is 4. The van der Waals surface area contributed by atoms with Gasteiger partial charge in [0.25, 0.3) is 5.91 Å². The number of hydrogen-bond donors (Lipinski definition) is 0. The van der Waals surface area contributed by atoms with Gasteiger partial charge in [0.15, 0.2) is 5.82 Å². The van der Waals surface area contributed by atoms with Gasteiger partial charge in [-0.2, -0.15) is 5.10 Å². The molecule has 4 rings (SSSR count). The predicted molar refractivity (Wildman–Crippen MR) is 93.3 cm³/mol. The zero-order valence-electron chi connectivity index (χ0n) is 14.0. The first-order valence-electron chi connectivity index (χ1n) is 8.66. The molecule has 0 bridgehead atoms. The lowest BCUT2D eigenvalue weighted by Crippen LogP contribution is -2.49. The number of benzene rings is 1. The standard InChI is InChI=1S/C19H22N4O/c1-14-4-2-3-5-16(14)19(24)23-12-10-22(11-13-23)18-9-8-17(20-21-18)15-6-7-15/h2-5,8-9,15H,6-7,10-13H2,1H3. The number of carbonyl (C=O) groups is 1. The van der Waals surface area contributed by atoms with Crippen LogP contribution >= 0.6 is 0 Å². The molecule has 2 fully saturated rings. The maximum absolute atomic E-state index is 12.7. The molecule has 2 aliphatic rings. The molecule has 2 aromatic rings. The highest BCUT2D eigenvalue weighted by molar-refractivity contribution is 5.95. The number of piperazine rings is 1. The molecule has 124 valence electrons. The van der Waals surface area contributed by atoms with Crippen molar-refractivity contribution in [1.29, 1.82) is 0 Å². The van der Waals surface area contributed by atoms with E-state index in [1.807, 2.05) is 36.1 Å². The molecule has 1 aromatic carbocycles. The number of aryl methyl sites for hydroxylation is 1. The van der Waals surface area contributed by atoms with Gasteiger partial charge in [-0.05, 0) is 43.5 Å². The lowest BCUT2D eigenvalue weighted by Gasteiger charge is -2.35. The lowest BCUT2D eigenvalue weighted by atomic mass is 10.1. The summed E-state index contributed by atoms with van der Waals surface area (Å²) in [6.45, 7) is 5.03. The van der Waals surface area contributed by atoms with E-state index in [1.54, 1.807) is 0 Å².